The van der Waals surface area contributed by atoms with Crippen molar-refractivity contribution >= 4 is 17.4 Å². The van der Waals surface area contributed by atoms with Crippen molar-refractivity contribution < 1.29 is 9.31 Å². The predicted molar refractivity (Wildman–Crippen MR) is 50.3 cm³/mol. The Morgan fingerprint density at radius 2 is 2.31 bits per heavy atom. The van der Waals surface area contributed by atoms with Crippen LogP contribution in [0.3, 0.4) is 0 Å². The van der Waals surface area contributed by atoms with Crippen LogP contribution in [-0.4, -0.2) is 11.2 Å². The molecular weight excluding hydrogens is 193 g/mol. The van der Waals surface area contributed by atoms with E-state index in [4.69, 9.17) is 0 Å². The molecular formula is C8H8FNO2S. The molecule has 0 unspecified atom stereocenters. The third kappa shape index (κ3) is 2.42. The van der Waals surface area contributed by atoms with E-state index in [1.807, 2.05) is 6.26 Å². The maximum absolute atomic E-state index is 12.7. The van der Waals surface area contributed by atoms with Crippen LogP contribution >= 0.6 is 11.8 Å². The third-order valence-electron chi connectivity index (χ3n) is 1.54. The van der Waals surface area contributed by atoms with Gasteiger partial charge in [-0.2, -0.15) is 11.8 Å². The Hall–Kier alpha value is -1.10. The minimum absolute atomic E-state index is 0.0178. The molecule has 1 aromatic rings. The molecule has 13 heavy (non-hydrogen) atoms. The Morgan fingerprint density at radius 3 is 2.85 bits per heavy atom. The van der Waals surface area contributed by atoms with Crippen molar-refractivity contribution in [2.24, 2.45) is 0 Å². The molecule has 0 atom stereocenters. The molecule has 0 aliphatic carbocycles. The first-order valence-electron chi connectivity index (χ1n) is 3.57. The van der Waals surface area contributed by atoms with E-state index in [1.165, 1.54) is 23.9 Å². The lowest BCUT2D eigenvalue weighted by Crippen LogP contribution is -1.94. The van der Waals surface area contributed by atoms with Crippen LogP contribution in [0, 0.1) is 15.9 Å². The zero-order chi connectivity index (χ0) is 9.84. The smallest absolute Gasteiger partial charge is 0.258 e. The summed E-state index contributed by atoms with van der Waals surface area (Å²) in [6.45, 7) is 0. The molecule has 0 amide bonds. The molecule has 3 nitrogen and oxygen atoms in total. The van der Waals surface area contributed by atoms with Crippen molar-refractivity contribution in [2.45, 2.75) is 5.75 Å². The lowest BCUT2D eigenvalue weighted by Gasteiger charge is -2.00. The largest absolute Gasteiger partial charge is 0.273 e. The van der Waals surface area contributed by atoms with Crippen LogP contribution in [-0.2, 0) is 5.75 Å². The topological polar surface area (TPSA) is 43.1 Å². The fourth-order valence-corrected chi connectivity index (χ4v) is 1.55. The van der Waals surface area contributed by atoms with Crippen molar-refractivity contribution in [3.05, 3.63) is 39.7 Å². The Bertz CT molecular complexity index is 330. The first kappa shape index (κ1) is 9.98. The van der Waals surface area contributed by atoms with Crippen LogP contribution in [0.25, 0.3) is 0 Å². The second-order valence-corrected chi connectivity index (χ2v) is 3.33. The first-order chi connectivity index (χ1) is 6.15. The molecule has 0 aromatic heterocycles. The van der Waals surface area contributed by atoms with Gasteiger partial charge in [0.25, 0.3) is 5.69 Å². The number of thioether (sulfide) groups is 1. The number of hydrogen-bond donors (Lipinski definition) is 0. The van der Waals surface area contributed by atoms with Gasteiger partial charge in [-0.1, -0.05) is 0 Å². The molecule has 5 heteroatoms. The monoisotopic (exact) mass is 201 g/mol. The highest BCUT2D eigenvalue weighted by atomic mass is 32.2. The average molecular weight is 201 g/mol. The van der Waals surface area contributed by atoms with Crippen molar-refractivity contribution in [2.75, 3.05) is 6.26 Å². The Labute approximate surface area is 79.1 Å². The Balaban J connectivity index is 3.10. The molecule has 0 saturated heterocycles. The average Bonchev–Trinajstić information content (AvgIpc) is 2.04. The summed E-state index contributed by atoms with van der Waals surface area (Å²) in [7, 11) is 0. The summed E-state index contributed by atoms with van der Waals surface area (Å²) in [6, 6.07) is 3.50. The molecule has 0 fully saturated rings. The van der Waals surface area contributed by atoms with Gasteiger partial charge in [0.15, 0.2) is 0 Å². The van der Waals surface area contributed by atoms with Gasteiger partial charge in [-0.25, -0.2) is 4.39 Å². The van der Waals surface area contributed by atoms with Crippen LogP contribution in [0.2, 0.25) is 0 Å². The molecule has 0 aliphatic heterocycles. The summed E-state index contributed by atoms with van der Waals surface area (Å²) < 4.78 is 12.7. The highest BCUT2D eigenvalue weighted by molar-refractivity contribution is 7.97. The molecule has 70 valence electrons. The van der Waals surface area contributed by atoms with Crippen LogP contribution in [0.4, 0.5) is 10.1 Å². The third-order valence-corrected chi connectivity index (χ3v) is 2.14. The second-order valence-electron chi connectivity index (χ2n) is 2.46. The van der Waals surface area contributed by atoms with E-state index >= 15 is 0 Å². The fraction of sp³-hybridized carbons (Fsp3) is 0.250. The fourth-order valence-electron chi connectivity index (χ4n) is 1.00. The summed E-state index contributed by atoms with van der Waals surface area (Å²) in [4.78, 5) is 9.99. The van der Waals surface area contributed by atoms with E-state index in [0.717, 1.165) is 6.07 Å². The number of nitro benzene ring substituents is 1. The van der Waals surface area contributed by atoms with Gasteiger partial charge in [-0.3, -0.25) is 10.1 Å². The predicted octanol–water partition coefficient (Wildman–Crippen LogP) is 2.60. The van der Waals surface area contributed by atoms with E-state index in [9.17, 15) is 14.5 Å². The summed E-state index contributed by atoms with van der Waals surface area (Å²) >= 11 is 1.42. The van der Waals surface area contributed by atoms with Crippen molar-refractivity contribution in [3.8, 4) is 0 Å². The van der Waals surface area contributed by atoms with Crippen LogP contribution < -0.4 is 0 Å². The summed E-state index contributed by atoms with van der Waals surface area (Å²) in [5, 5.41) is 10.5. The molecule has 0 N–H and O–H groups in total. The Kier molecular flexibility index (Phi) is 3.25. The zero-order valence-corrected chi connectivity index (χ0v) is 7.81. The molecule has 1 aromatic carbocycles. The molecule has 0 bridgehead atoms. The SMILES string of the molecule is CSCc1cc(F)ccc1[N+](=O)[O-]. The summed E-state index contributed by atoms with van der Waals surface area (Å²) in [5.41, 5.74) is 0.410. The van der Waals surface area contributed by atoms with Gasteiger partial charge >= 0.3 is 0 Å². The minimum Gasteiger partial charge on any atom is -0.258 e. The standard InChI is InChI=1S/C8H8FNO2S/c1-13-5-6-4-7(9)2-3-8(6)10(11)12/h2-4H,5H2,1H3. The molecule has 0 radical (unpaired) electrons. The number of nitrogens with zero attached hydrogens (tertiary/aromatic N) is 1. The van der Waals surface area contributed by atoms with E-state index in [-0.39, 0.29) is 5.69 Å². The molecule has 0 heterocycles. The van der Waals surface area contributed by atoms with Gasteiger partial charge in [0.05, 0.1) is 4.92 Å². The van der Waals surface area contributed by atoms with Crippen molar-refractivity contribution in [1.82, 2.24) is 0 Å². The zero-order valence-electron chi connectivity index (χ0n) is 6.99. The summed E-state index contributed by atoms with van der Waals surface area (Å²) in [6.07, 6.45) is 1.81. The number of rotatable bonds is 3. The van der Waals surface area contributed by atoms with Gasteiger partial charge in [0.1, 0.15) is 5.82 Å². The van der Waals surface area contributed by atoms with E-state index in [0.29, 0.717) is 11.3 Å². The van der Waals surface area contributed by atoms with Gasteiger partial charge < -0.3 is 0 Å². The Morgan fingerprint density at radius 1 is 1.62 bits per heavy atom. The quantitative estimate of drug-likeness (QED) is 0.557. The second kappa shape index (κ2) is 4.23. The number of halogens is 1. The molecule has 0 spiro atoms. The van der Waals surface area contributed by atoms with Gasteiger partial charge in [0, 0.05) is 17.4 Å². The van der Waals surface area contributed by atoms with Crippen molar-refractivity contribution in [1.29, 1.82) is 0 Å². The molecule has 0 saturated carbocycles. The lowest BCUT2D eigenvalue weighted by molar-refractivity contribution is -0.385. The maximum atomic E-state index is 12.7. The number of benzene rings is 1. The number of nitro groups is 1. The van der Waals surface area contributed by atoms with E-state index in [2.05, 4.69) is 0 Å². The van der Waals surface area contributed by atoms with E-state index < -0.39 is 10.7 Å². The lowest BCUT2D eigenvalue weighted by atomic mass is 10.2. The highest BCUT2D eigenvalue weighted by Crippen LogP contribution is 2.22. The van der Waals surface area contributed by atoms with Gasteiger partial charge in [-0.15, -0.1) is 0 Å². The van der Waals surface area contributed by atoms with Gasteiger partial charge in [-0.05, 0) is 18.4 Å². The van der Waals surface area contributed by atoms with Crippen LogP contribution in [0.5, 0.6) is 0 Å². The number of hydrogen-bond acceptors (Lipinski definition) is 3. The molecule has 0 aliphatic rings. The minimum atomic E-state index is -0.495. The summed E-state index contributed by atoms with van der Waals surface area (Å²) in [5.74, 6) is 0.0169. The highest BCUT2D eigenvalue weighted by Gasteiger charge is 2.13. The van der Waals surface area contributed by atoms with Gasteiger partial charge in [0.2, 0.25) is 0 Å². The molecule has 1 rings (SSSR count). The first-order valence-corrected chi connectivity index (χ1v) is 4.96. The normalized spacial score (nSPS) is 10.0. The van der Waals surface area contributed by atoms with Crippen LogP contribution in [0.15, 0.2) is 18.2 Å². The van der Waals surface area contributed by atoms with Crippen LogP contribution in [0.1, 0.15) is 5.56 Å². The maximum Gasteiger partial charge on any atom is 0.273 e. The van der Waals surface area contributed by atoms with Crippen molar-refractivity contribution in [3.63, 3.8) is 0 Å². The van der Waals surface area contributed by atoms with E-state index in [1.54, 1.807) is 0 Å².